The second kappa shape index (κ2) is 29.2. The lowest BCUT2D eigenvalue weighted by molar-refractivity contribution is -0.357. The van der Waals surface area contributed by atoms with Crippen LogP contribution in [0.4, 0.5) is 0 Å². The summed E-state index contributed by atoms with van der Waals surface area (Å²) in [7, 11) is 0. The molecule has 20 atom stereocenters. The second-order valence-corrected chi connectivity index (χ2v) is 27.2. The Morgan fingerprint density at radius 3 is 2.23 bits per heavy atom. The number of aromatic hydroxyl groups is 4. The Hall–Kier alpha value is -6.22. The number of carbonyl (C=O) groups is 4. The number of hydrogen-bond donors (Lipinski definition) is 11. The normalized spacial score (nSPS) is 39.5. The third kappa shape index (κ3) is 15.1. The zero-order chi connectivity index (χ0) is 66.6. The molecule has 0 radical (unpaired) electrons. The lowest BCUT2D eigenvalue weighted by Crippen LogP contribution is -2.65. The minimum atomic E-state index is -1.77. The Labute approximate surface area is 535 Å². The van der Waals surface area contributed by atoms with Crippen LogP contribution in [-0.4, -0.2) is 185 Å². The highest BCUT2D eigenvalue weighted by atomic mass is 16.7. The molecule has 1 spiro atoms. The maximum absolute atomic E-state index is 12.8. The summed E-state index contributed by atoms with van der Waals surface area (Å²) in [4.78, 5) is 47.7. The number of fused-ring (bicyclic) bond motifs is 5. The van der Waals surface area contributed by atoms with Gasteiger partial charge in [0.15, 0.2) is 41.7 Å². The van der Waals surface area contributed by atoms with Gasteiger partial charge in [0.1, 0.15) is 54.4 Å². The standard InChI is InChI=1S/C29H36O15.C20H32O4.C20H24O4/c1-13-22(36)23(37)24(38)29(41-13)44-27-25(39)28(40-9-8-15-3-6-17(32)19(34)11-15)42-20(12-30)26(27)43-21(35)7-4-14-2-5-16(31)18(33)10-14;1-17-7-3-8-18(2,24-13-22)15(17)6-9-19-10-14(4-5-16(17)19)20(23,11-19)12-21;1-12-5-4-6-15-11-16(23-20(15)22)9-13(2)10-18-17(8-7-12)14(3)19(21)24-18/h2-7,10-11,13,20,22-34,36-39H,8-9,12H2,1H3;13-16,21,23H,3-12H2,1-2H3;5,10-11,16-18H,3-4,6-9H2,1-2H3/b7-4+;;12-5+,13-10+/t;14-,15-,16-,17+,18+,19+,20+;16-,17-,18+/m.11/s1. The molecule has 11 N–H and O–H groups in total. The van der Waals surface area contributed by atoms with Gasteiger partial charge in [-0.1, -0.05) is 42.9 Å². The fraction of sp³-hybridized carbons (Fsp3) is 0.623. The van der Waals surface area contributed by atoms with E-state index in [4.69, 9.17) is 37.9 Å². The van der Waals surface area contributed by atoms with Crippen molar-refractivity contribution in [3.63, 3.8) is 0 Å². The number of phenols is 4. The smallest absolute Gasteiger partial charge is 0.334 e. The van der Waals surface area contributed by atoms with Gasteiger partial charge in [-0.15, -0.1) is 0 Å². The molecule has 23 heteroatoms. The van der Waals surface area contributed by atoms with Crippen molar-refractivity contribution in [3.8, 4) is 23.0 Å². The summed E-state index contributed by atoms with van der Waals surface area (Å²) in [6, 6.07) is 7.98. The van der Waals surface area contributed by atoms with Crippen molar-refractivity contribution in [1.82, 2.24) is 0 Å². The Morgan fingerprint density at radius 2 is 1.52 bits per heavy atom. The highest BCUT2D eigenvalue weighted by molar-refractivity contribution is 5.91. The first-order valence-corrected chi connectivity index (χ1v) is 32.1. The van der Waals surface area contributed by atoms with Crippen LogP contribution in [0.15, 0.2) is 89.6 Å². The van der Waals surface area contributed by atoms with Crippen molar-refractivity contribution in [2.45, 2.75) is 216 Å². The average Bonchev–Trinajstić information content (AvgIpc) is 1.42. The summed E-state index contributed by atoms with van der Waals surface area (Å²) in [5.41, 5.74) is 3.75. The van der Waals surface area contributed by atoms with E-state index in [2.05, 4.69) is 33.4 Å². The van der Waals surface area contributed by atoms with E-state index in [1.807, 2.05) is 19.1 Å². The molecule has 7 fully saturated rings. The van der Waals surface area contributed by atoms with Crippen LogP contribution in [-0.2, 0) is 63.5 Å². The minimum Gasteiger partial charge on any atom is -0.504 e. The van der Waals surface area contributed by atoms with E-state index < -0.39 is 85.3 Å². The molecular formula is C69H92O23. The van der Waals surface area contributed by atoms with Gasteiger partial charge in [0.2, 0.25) is 0 Å². The van der Waals surface area contributed by atoms with E-state index in [9.17, 15) is 75.3 Å². The number of benzene rings is 2. The highest BCUT2D eigenvalue weighted by Crippen LogP contribution is 2.72. The number of carbonyl (C=O) groups excluding carboxylic acids is 4. The molecule has 2 aromatic carbocycles. The summed E-state index contributed by atoms with van der Waals surface area (Å²) >= 11 is 0. The molecule has 23 nitrogen and oxygen atoms in total. The van der Waals surface area contributed by atoms with Crippen LogP contribution < -0.4 is 0 Å². The molecule has 11 rings (SSSR count). The van der Waals surface area contributed by atoms with Crippen molar-refractivity contribution in [2.24, 2.45) is 34.5 Å². The van der Waals surface area contributed by atoms with E-state index >= 15 is 0 Å². The maximum atomic E-state index is 12.8. The van der Waals surface area contributed by atoms with E-state index in [0.29, 0.717) is 41.4 Å². The number of aliphatic hydroxyl groups is 7. The number of hydrogen-bond acceptors (Lipinski definition) is 23. The lowest BCUT2D eigenvalue weighted by Gasteiger charge is -2.63. The van der Waals surface area contributed by atoms with Gasteiger partial charge in [-0.05, 0) is 194 Å². The summed E-state index contributed by atoms with van der Waals surface area (Å²) in [6.07, 6.45) is 6.42. The molecule has 9 aliphatic rings. The number of rotatable bonds is 13. The Kier molecular flexibility index (Phi) is 22.2. The van der Waals surface area contributed by atoms with Crippen LogP contribution in [0.1, 0.15) is 136 Å². The number of phenolic OH excluding ortho intramolecular Hbond substituents is 4. The molecule has 4 heterocycles. The molecule has 0 aromatic heterocycles. The SMILES string of the molecule is C=C1C(=O)O[C@H]2/C=C(\C)C[C@@H]3C=C(CC/C=C(\C)CC[C@H]12)C(=O)O3.CC1OC(OC2C(O)C(OCCc3ccc(O)c(O)c3)OC(CO)C2OC(=O)/C=C/c2ccc(O)c(O)c2)C(O)C(O)C1O.C[C@]12CCC[C@](C)(OC=O)[C@@H]1CC[C@@]13C[C@@H](CC[C@@H]12)[C@@](O)(CO)C3. The van der Waals surface area contributed by atoms with Crippen LogP contribution in [0.3, 0.4) is 0 Å². The van der Waals surface area contributed by atoms with Crippen LogP contribution in [0.25, 0.3) is 6.08 Å². The van der Waals surface area contributed by atoms with Crippen molar-refractivity contribution in [3.05, 3.63) is 101 Å². The summed E-state index contributed by atoms with van der Waals surface area (Å²) in [6.45, 7) is 13.7. The molecule has 0 amide bonds. The van der Waals surface area contributed by atoms with Gasteiger partial charge >= 0.3 is 17.9 Å². The van der Waals surface area contributed by atoms with Crippen LogP contribution >= 0.6 is 0 Å². The minimum absolute atomic E-state index is 0.0240. The Morgan fingerprint density at radius 1 is 0.783 bits per heavy atom. The monoisotopic (exact) mass is 1290 g/mol. The molecule has 10 unspecified atom stereocenters. The van der Waals surface area contributed by atoms with Crippen LogP contribution in [0, 0.1) is 34.5 Å². The Bertz CT molecular complexity index is 3120. The van der Waals surface area contributed by atoms with Crippen molar-refractivity contribution in [1.29, 1.82) is 0 Å². The summed E-state index contributed by atoms with van der Waals surface area (Å²) < 4.78 is 44.8. The zero-order valence-corrected chi connectivity index (χ0v) is 52.9. The van der Waals surface area contributed by atoms with Gasteiger partial charge in [0.25, 0.3) is 6.47 Å². The first kappa shape index (κ1) is 70.1. The van der Waals surface area contributed by atoms with E-state index in [1.165, 1.54) is 55.3 Å². The quantitative estimate of drug-likeness (QED) is 0.0281. The van der Waals surface area contributed by atoms with Crippen molar-refractivity contribution in [2.75, 3.05) is 19.8 Å². The number of ether oxygens (including phenoxy) is 8. The largest absolute Gasteiger partial charge is 0.504 e. The molecule has 4 aliphatic heterocycles. The molecule has 2 aromatic rings. The van der Waals surface area contributed by atoms with E-state index in [1.54, 1.807) is 6.07 Å². The fourth-order valence-corrected chi connectivity index (χ4v) is 16.3. The molecule has 4 saturated carbocycles. The van der Waals surface area contributed by atoms with Crippen molar-refractivity contribution < 1.29 is 113 Å². The number of allylic oxidation sites excluding steroid dienone is 2. The van der Waals surface area contributed by atoms with Crippen molar-refractivity contribution >= 4 is 30.5 Å². The average molecular weight is 1290 g/mol. The van der Waals surface area contributed by atoms with Gasteiger partial charge in [-0.3, -0.25) is 4.79 Å². The third-order valence-electron chi connectivity index (χ3n) is 21.1. The van der Waals surface area contributed by atoms with E-state index in [-0.39, 0.29) is 89.3 Å². The highest BCUT2D eigenvalue weighted by Gasteiger charge is 2.68. The van der Waals surface area contributed by atoms with Crippen LogP contribution in [0.5, 0.6) is 23.0 Å². The Balaban J connectivity index is 0.000000176. The topological polar surface area (TPSA) is 365 Å². The molecule has 5 aliphatic carbocycles. The fourth-order valence-electron chi connectivity index (χ4n) is 16.3. The molecular weight excluding hydrogens is 1200 g/mol. The van der Waals surface area contributed by atoms with Gasteiger partial charge in [-0.25, -0.2) is 14.4 Å². The van der Waals surface area contributed by atoms with E-state index in [0.717, 1.165) is 94.3 Å². The summed E-state index contributed by atoms with van der Waals surface area (Å²) in [5, 5.41) is 111. The second-order valence-electron chi connectivity index (χ2n) is 27.2. The van der Waals surface area contributed by atoms with Gasteiger partial charge in [0, 0.05) is 35.5 Å². The predicted octanol–water partition coefficient (Wildman–Crippen LogP) is 5.82. The first-order chi connectivity index (χ1) is 43.6. The first-order valence-electron chi connectivity index (χ1n) is 32.1. The van der Waals surface area contributed by atoms with Gasteiger partial charge in [-0.2, -0.15) is 0 Å². The lowest BCUT2D eigenvalue weighted by atomic mass is 9.43. The van der Waals surface area contributed by atoms with Gasteiger partial charge in [0.05, 0.1) is 31.5 Å². The molecule has 506 valence electrons. The predicted molar refractivity (Wildman–Crippen MR) is 328 cm³/mol. The van der Waals surface area contributed by atoms with Gasteiger partial charge < -0.3 is 94.1 Å². The maximum Gasteiger partial charge on any atom is 0.334 e. The zero-order valence-electron chi connectivity index (χ0n) is 52.9. The third-order valence-corrected chi connectivity index (χ3v) is 21.1. The molecule has 4 bridgehead atoms. The summed E-state index contributed by atoms with van der Waals surface area (Å²) in [5.74, 6) is -1.61. The molecule has 92 heavy (non-hydrogen) atoms. The van der Waals surface area contributed by atoms with Crippen LogP contribution in [0.2, 0.25) is 0 Å². The number of aliphatic hydroxyl groups excluding tert-OH is 6. The number of esters is 3. The molecule has 3 saturated heterocycles.